The van der Waals surface area contributed by atoms with Crippen molar-refractivity contribution in [3.63, 3.8) is 0 Å². The summed E-state index contributed by atoms with van der Waals surface area (Å²) in [5.74, 6) is -0.425. The van der Waals surface area contributed by atoms with E-state index in [-0.39, 0.29) is 16.5 Å². The molecule has 6 nitrogen and oxygen atoms in total. The van der Waals surface area contributed by atoms with Gasteiger partial charge in [0.1, 0.15) is 0 Å². The second-order valence-electron chi connectivity index (χ2n) is 5.52. The summed E-state index contributed by atoms with van der Waals surface area (Å²) in [6, 6.07) is 10.2. The predicted octanol–water partition coefficient (Wildman–Crippen LogP) is 2.96. The van der Waals surface area contributed by atoms with Gasteiger partial charge in [0.15, 0.2) is 5.15 Å². The van der Waals surface area contributed by atoms with Gasteiger partial charge in [0.05, 0.1) is 16.6 Å². The number of hydrogen-bond donors (Lipinski definition) is 1. The number of hydrogen-bond acceptors (Lipinski definition) is 4. The van der Waals surface area contributed by atoms with Crippen molar-refractivity contribution in [2.45, 2.75) is 19.8 Å². The Labute approximate surface area is 149 Å². The van der Waals surface area contributed by atoms with Crippen molar-refractivity contribution in [3.05, 3.63) is 63.9 Å². The van der Waals surface area contributed by atoms with Crippen LogP contribution < -0.4 is 10.9 Å². The third-order valence-corrected chi connectivity index (χ3v) is 4.07. The molecule has 3 aromatic rings. The molecule has 1 N–H and O–H groups in total. The van der Waals surface area contributed by atoms with Crippen LogP contribution in [-0.2, 0) is 0 Å². The number of unbranched alkanes of at least 4 members (excludes halogenated alkanes) is 1. The summed E-state index contributed by atoms with van der Waals surface area (Å²) in [4.78, 5) is 34.0. The minimum absolute atomic E-state index is 0.00490. The molecule has 25 heavy (non-hydrogen) atoms. The molecule has 128 valence electrons. The Morgan fingerprint density at radius 3 is 2.80 bits per heavy atom. The van der Waals surface area contributed by atoms with Gasteiger partial charge in [-0.15, -0.1) is 0 Å². The first-order valence-electron chi connectivity index (χ1n) is 8.04. The zero-order chi connectivity index (χ0) is 17.8. The smallest absolute Gasteiger partial charge is 0.287 e. The molecular formula is C18H17ClN4O2. The van der Waals surface area contributed by atoms with Crippen LogP contribution in [0.5, 0.6) is 0 Å². The number of para-hydroxylation sites is 1. The number of amides is 1. The molecule has 0 bridgehead atoms. The number of benzene rings is 1. The van der Waals surface area contributed by atoms with Crippen molar-refractivity contribution < 1.29 is 4.79 Å². The van der Waals surface area contributed by atoms with Gasteiger partial charge in [-0.2, -0.15) is 0 Å². The number of aromatic nitrogens is 3. The molecule has 0 fully saturated rings. The van der Waals surface area contributed by atoms with E-state index in [0.717, 1.165) is 12.8 Å². The van der Waals surface area contributed by atoms with E-state index in [1.165, 1.54) is 10.8 Å². The lowest BCUT2D eigenvalue weighted by Gasteiger charge is -2.14. The molecular weight excluding hydrogens is 340 g/mol. The van der Waals surface area contributed by atoms with E-state index in [2.05, 4.69) is 15.3 Å². The van der Waals surface area contributed by atoms with Crippen molar-refractivity contribution in [1.29, 1.82) is 0 Å². The van der Waals surface area contributed by atoms with Crippen LogP contribution in [0.25, 0.3) is 16.6 Å². The van der Waals surface area contributed by atoms with Crippen LogP contribution in [0.3, 0.4) is 0 Å². The Hall–Kier alpha value is -2.73. The van der Waals surface area contributed by atoms with Crippen molar-refractivity contribution >= 4 is 28.4 Å². The van der Waals surface area contributed by atoms with Gasteiger partial charge in [-0.1, -0.05) is 37.1 Å². The maximum Gasteiger partial charge on any atom is 0.287 e. The van der Waals surface area contributed by atoms with E-state index >= 15 is 0 Å². The fourth-order valence-electron chi connectivity index (χ4n) is 2.51. The summed E-state index contributed by atoms with van der Waals surface area (Å²) < 4.78 is 1.22. The van der Waals surface area contributed by atoms with E-state index < -0.39 is 5.91 Å². The highest BCUT2D eigenvalue weighted by Gasteiger charge is 2.20. The van der Waals surface area contributed by atoms with Gasteiger partial charge in [0, 0.05) is 12.7 Å². The van der Waals surface area contributed by atoms with E-state index in [9.17, 15) is 9.59 Å². The van der Waals surface area contributed by atoms with Crippen LogP contribution in [0.4, 0.5) is 0 Å². The quantitative estimate of drug-likeness (QED) is 0.563. The van der Waals surface area contributed by atoms with Gasteiger partial charge in [-0.3, -0.25) is 14.2 Å². The molecule has 0 saturated heterocycles. The Morgan fingerprint density at radius 2 is 2.04 bits per heavy atom. The number of pyridine rings is 1. The lowest BCUT2D eigenvalue weighted by atomic mass is 10.2. The molecule has 0 aliphatic heterocycles. The standard InChI is InChI=1S/C18H17ClN4O2/c1-2-3-10-21-17(24)16-22-13-8-5-4-7-12(13)18(25)23(16)14-9-6-11-20-15(14)19/h4-9,11H,2-3,10H2,1H3,(H,21,24). The van der Waals surface area contributed by atoms with Crippen molar-refractivity contribution in [3.8, 4) is 5.69 Å². The van der Waals surface area contributed by atoms with Gasteiger partial charge < -0.3 is 5.32 Å². The van der Waals surface area contributed by atoms with E-state index in [4.69, 9.17) is 11.6 Å². The SMILES string of the molecule is CCCCNC(=O)c1nc2ccccc2c(=O)n1-c1cccnc1Cl. The number of nitrogens with one attached hydrogen (secondary N) is 1. The minimum atomic E-state index is -0.420. The predicted molar refractivity (Wildman–Crippen MR) is 97.4 cm³/mol. The Morgan fingerprint density at radius 1 is 1.24 bits per heavy atom. The first-order chi connectivity index (χ1) is 12.1. The van der Waals surface area contributed by atoms with Crippen molar-refractivity contribution in [2.75, 3.05) is 6.54 Å². The zero-order valence-corrected chi connectivity index (χ0v) is 14.5. The van der Waals surface area contributed by atoms with Crippen LogP contribution in [0.1, 0.15) is 30.4 Å². The van der Waals surface area contributed by atoms with Crippen molar-refractivity contribution in [1.82, 2.24) is 19.9 Å². The van der Waals surface area contributed by atoms with E-state index in [1.807, 2.05) is 6.92 Å². The highest BCUT2D eigenvalue weighted by molar-refractivity contribution is 6.31. The minimum Gasteiger partial charge on any atom is -0.349 e. The highest BCUT2D eigenvalue weighted by Crippen LogP contribution is 2.18. The molecule has 0 unspecified atom stereocenters. The van der Waals surface area contributed by atoms with Gasteiger partial charge >= 0.3 is 0 Å². The molecule has 0 aliphatic rings. The maximum absolute atomic E-state index is 13.0. The second kappa shape index (κ2) is 7.44. The largest absolute Gasteiger partial charge is 0.349 e. The molecule has 1 aromatic carbocycles. The molecule has 1 amide bonds. The molecule has 0 spiro atoms. The molecule has 2 heterocycles. The third kappa shape index (κ3) is 3.39. The maximum atomic E-state index is 13.0. The number of carbonyl (C=O) groups is 1. The van der Waals surface area contributed by atoms with Crippen LogP contribution >= 0.6 is 11.6 Å². The number of carbonyl (C=O) groups excluding carboxylic acids is 1. The second-order valence-corrected chi connectivity index (χ2v) is 5.87. The zero-order valence-electron chi connectivity index (χ0n) is 13.7. The first-order valence-corrected chi connectivity index (χ1v) is 8.42. The summed E-state index contributed by atoms with van der Waals surface area (Å²) in [6.45, 7) is 2.55. The number of fused-ring (bicyclic) bond motifs is 1. The molecule has 0 aliphatic carbocycles. The molecule has 0 atom stereocenters. The van der Waals surface area contributed by atoms with Crippen LogP contribution in [0.15, 0.2) is 47.4 Å². The van der Waals surface area contributed by atoms with Crippen LogP contribution in [-0.4, -0.2) is 27.0 Å². The average molecular weight is 357 g/mol. The summed E-state index contributed by atoms with van der Waals surface area (Å²) >= 11 is 6.16. The van der Waals surface area contributed by atoms with E-state index in [1.54, 1.807) is 36.4 Å². The Balaban J connectivity index is 2.23. The topological polar surface area (TPSA) is 76.9 Å². The molecule has 3 rings (SSSR count). The van der Waals surface area contributed by atoms with Crippen LogP contribution in [0.2, 0.25) is 5.15 Å². The molecule has 2 aromatic heterocycles. The monoisotopic (exact) mass is 356 g/mol. The summed E-state index contributed by atoms with van der Waals surface area (Å²) in [7, 11) is 0. The summed E-state index contributed by atoms with van der Waals surface area (Å²) in [5.41, 5.74) is 0.429. The Bertz CT molecular complexity index is 984. The van der Waals surface area contributed by atoms with Gasteiger partial charge in [0.25, 0.3) is 11.5 Å². The highest BCUT2D eigenvalue weighted by atomic mass is 35.5. The van der Waals surface area contributed by atoms with Gasteiger partial charge in [0.2, 0.25) is 5.82 Å². The van der Waals surface area contributed by atoms with Crippen molar-refractivity contribution in [2.24, 2.45) is 0 Å². The average Bonchev–Trinajstić information content (AvgIpc) is 2.63. The fourth-order valence-corrected chi connectivity index (χ4v) is 2.71. The van der Waals surface area contributed by atoms with Gasteiger partial charge in [-0.05, 0) is 30.7 Å². The summed E-state index contributed by atoms with van der Waals surface area (Å²) in [5, 5.41) is 3.34. The number of nitrogens with zero attached hydrogens (tertiary/aromatic N) is 3. The lowest BCUT2D eigenvalue weighted by molar-refractivity contribution is 0.0940. The number of rotatable bonds is 5. The fraction of sp³-hybridized carbons (Fsp3) is 0.222. The van der Waals surface area contributed by atoms with E-state index in [0.29, 0.717) is 23.1 Å². The van der Waals surface area contributed by atoms with Gasteiger partial charge in [-0.25, -0.2) is 9.97 Å². The summed E-state index contributed by atoms with van der Waals surface area (Å²) in [6.07, 6.45) is 3.32. The normalized spacial score (nSPS) is 10.8. The first kappa shape index (κ1) is 17.1. The number of halogens is 1. The van der Waals surface area contributed by atoms with Crippen LogP contribution in [0, 0.1) is 0 Å². The third-order valence-electron chi connectivity index (χ3n) is 3.77. The molecule has 7 heteroatoms. The molecule has 0 saturated carbocycles. The lowest BCUT2D eigenvalue weighted by Crippen LogP contribution is -2.33. The molecule has 0 radical (unpaired) electrons. The Kier molecular flexibility index (Phi) is 5.09.